The number of ether oxygens (including phenoxy) is 1. The van der Waals surface area contributed by atoms with E-state index in [1.54, 1.807) is 18.2 Å². The molecule has 1 atom stereocenters. The molecule has 4 aliphatic heterocycles. The zero-order valence-corrected chi connectivity index (χ0v) is 17.2. The third kappa shape index (κ3) is 3.23. The second-order valence-corrected chi connectivity index (χ2v) is 9.24. The van der Waals surface area contributed by atoms with E-state index in [-0.39, 0.29) is 40.9 Å². The molecule has 4 fully saturated rings. The highest BCUT2D eigenvalue weighted by Gasteiger charge is 2.49. The van der Waals surface area contributed by atoms with Crippen molar-refractivity contribution in [3.8, 4) is 0 Å². The van der Waals surface area contributed by atoms with Crippen LogP contribution < -0.4 is 16.4 Å². The molecule has 1 aromatic rings. The molecule has 31 heavy (non-hydrogen) atoms. The van der Waals surface area contributed by atoms with Crippen molar-refractivity contribution in [3.05, 3.63) is 29.3 Å². The summed E-state index contributed by atoms with van der Waals surface area (Å²) in [7, 11) is 0. The first-order chi connectivity index (χ1) is 14.9. The van der Waals surface area contributed by atoms with Crippen molar-refractivity contribution in [2.75, 3.05) is 25.0 Å². The lowest BCUT2D eigenvalue weighted by Crippen LogP contribution is -2.56. The second-order valence-electron chi connectivity index (χ2n) is 9.24. The van der Waals surface area contributed by atoms with Crippen molar-refractivity contribution in [2.24, 2.45) is 11.1 Å². The first-order valence-electron chi connectivity index (χ1n) is 10.8. The SMILES string of the molecule is NCC12CCC(CNc3ccc4c(c3)C(=O)N(C3CCC(=O)NC3=O)C4=O)(CC1)OC2. The number of rotatable bonds is 5. The van der Waals surface area contributed by atoms with Gasteiger partial charge < -0.3 is 15.8 Å². The Bertz CT molecular complexity index is 966. The molecule has 4 heterocycles. The molecule has 0 aromatic heterocycles. The highest BCUT2D eigenvalue weighted by Crippen LogP contribution is 2.48. The number of hydrogen-bond donors (Lipinski definition) is 3. The molecule has 1 aromatic carbocycles. The van der Waals surface area contributed by atoms with E-state index in [1.807, 2.05) is 0 Å². The third-order valence-corrected chi connectivity index (χ3v) is 7.39. The minimum absolute atomic E-state index is 0.101. The summed E-state index contributed by atoms with van der Waals surface area (Å²) in [6.45, 7) is 1.95. The van der Waals surface area contributed by atoms with E-state index in [2.05, 4.69) is 10.6 Å². The van der Waals surface area contributed by atoms with Crippen LogP contribution in [0.3, 0.4) is 0 Å². The van der Waals surface area contributed by atoms with Crippen LogP contribution in [0.2, 0.25) is 0 Å². The Labute approximate surface area is 179 Å². The first kappa shape index (κ1) is 20.1. The number of carbonyl (C=O) groups is 4. The Kier molecular flexibility index (Phi) is 4.63. The molecule has 4 N–H and O–H groups in total. The molecule has 3 saturated heterocycles. The van der Waals surface area contributed by atoms with Gasteiger partial charge in [-0.05, 0) is 50.3 Å². The molecule has 5 aliphatic rings. The molecule has 9 nitrogen and oxygen atoms in total. The first-order valence-corrected chi connectivity index (χ1v) is 10.8. The topological polar surface area (TPSA) is 131 Å². The van der Waals surface area contributed by atoms with Crippen LogP contribution in [0.25, 0.3) is 0 Å². The number of piperidine rings is 1. The summed E-state index contributed by atoms with van der Waals surface area (Å²) in [5, 5.41) is 5.58. The Morgan fingerprint density at radius 1 is 1.10 bits per heavy atom. The summed E-state index contributed by atoms with van der Waals surface area (Å²) in [6.07, 6.45) is 4.26. The summed E-state index contributed by atoms with van der Waals surface area (Å²) in [5.41, 5.74) is 7.11. The lowest BCUT2D eigenvalue weighted by Gasteiger charge is -2.53. The maximum Gasteiger partial charge on any atom is 0.262 e. The molecule has 4 amide bonds. The van der Waals surface area contributed by atoms with Gasteiger partial charge in [0.1, 0.15) is 6.04 Å². The maximum atomic E-state index is 13.0. The lowest BCUT2D eigenvalue weighted by molar-refractivity contribution is -0.172. The Morgan fingerprint density at radius 3 is 2.48 bits per heavy atom. The van der Waals surface area contributed by atoms with Crippen molar-refractivity contribution in [3.63, 3.8) is 0 Å². The normalized spacial score (nSPS) is 32.3. The van der Waals surface area contributed by atoms with Crippen molar-refractivity contribution in [1.29, 1.82) is 0 Å². The summed E-state index contributed by atoms with van der Waals surface area (Å²) in [4.78, 5) is 50.3. The van der Waals surface area contributed by atoms with Crippen LogP contribution in [0.4, 0.5) is 5.69 Å². The van der Waals surface area contributed by atoms with Gasteiger partial charge in [0.15, 0.2) is 0 Å². The zero-order chi connectivity index (χ0) is 21.8. The number of nitrogens with two attached hydrogens (primary N) is 1. The minimum atomic E-state index is -0.957. The van der Waals surface area contributed by atoms with Crippen molar-refractivity contribution >= 4 is 29.3 Å². The quantitative estimate of drug-likeness (QED) is 0.593. The average molecular weight is 426 g/mol. The molecule has 6 rings (SSSR count). The molecular formula is C22H26N4O5. The molecule has 9 heteroatoms. The predicted octanol–water partition coefficient (Wildman–Crippen LogP) is 0.788. The van der Waals surface area contributed by atoms with Gasteiger partial charge in [0.2, 0.25) is 11.8 Å². The Hall–Kier alpha value is -2.78. The fourth-order valence-corrected chi connectivity index (χ4v) is 5.17. The molecule has 164 valence electrons. The molecule has 0 radical (unpaired) electrons. The molecule has 0 spiro atoms. The van der Waals surface area contributed by atoms with Crippen molar-refractivity contribution in [1.82, 2.24) is 10.2 Å². The summed E-state index contributed by atoms with van der Waals surface area (Å²) < 4.78 is 6.18. The monoisotopic (exact) mass is 426 g/mol. The van der Waals surface area contributed by atoms with Crippen LogP contribution in [0.15, 0.2) is 18.2 Å². The van der Waals surface area contributed by atoms with Gasteiger partial charge in [-0.15, -0.1) is 0 Å². The number of anilines is 1. The minimum Gasteiger partial charge on any atom is -0.382 e. The van der Waals surface area contributed by atoms with Gasteiger partial charge in [-0.3, -0.25) is 29.4 Å². The van der Waals surface area contributed by atoms with E-state index < -0.39 is 23.8 Å². The van der Waals surface area contributed by atoms with E-state index in [4.69, 9.17) is 10.5 Å². The van der Waals surface area contributed by atoms with E-state index in [1.165, 1.54) is 0 Å². The van der Waals surface area contributed by atoms with E-state index in [9.17, 15) is 19.2 Å². The Morgan fingerprint density at radius 2 is 1.84 bits per heavy atom. The smallest absolute Gasteiger partial charge is 0.262 e. The van der Waals surface area contributed by atoms with Crippen molar-refractivity contribution in [2.45, 2.75) is 50.2 Å². The molecule has 1 unspecified atom stereocenters. The average Bonchev–Trinajstić information content (AvgIpc) is 3.04. The van der Waals surface area contributed by atoms with E-state index >= 15 is 0 Å². The summed E-state index contributed by atoms with van der Waals surface area (Å²) >= 11 is 0. The van der Waals surface area contributed by atoms with Gasteiger partial charge in [-0.1, -0.05) is 0 Å². The molecular weight excluding hydrogens is 400 g/mol. The molecule has 1 saturated carbocycles. The fourth-order valence-electron chi connectivity index (χ4n) is 5.17. The lowest BCUT2D eigenvalue weighted by atomic mass is 9.66. The van der Waals surface area contributed by atoms with Gasteiger partial charge in [-0.25, -0.2) is 0 Å². The Balaban J connectivity index is 1.30. The highest BCUT2D eigenvalue weighted by molar-refractivity contribution is 6.23. The third-order valence-electron chi connectivity index (χ3n) is 7.39. The standard InChI is InChI=1S/C22H26N4O5/c23-10-21-5-7-22(8-6-21,31-12-21)11-24-13-1-2-14-15(9-13)20(30)26(19(14)29)16-3-4-17(27)25-18(16)28/h1-2,9,16,24H,3-8,10-12,23H2,(H,25,27,28). The summed E-state index contributed by atoms with van der Waals surface area (Å²) in [5.74, 6) is -2.00. The maximum absolute atomic E-state index is 13.0. The van der Waals surface area contributed by atoms with Gasteiger partial charge in [0, 0.05) is 30.6 Å². The zero-order valence-electron chi connectivity index (χ0n) is 17.2. The van der Waals surface area contributed by atoms with Gasteiger partial charge >= 0.3 is 0 Å². The van der Waals surface area contributed by atoms with Gasteiger partial charge in [0.05, 0.1) is 23.3 Å². The summed E-state index contributed by atoms with van der Waals surface area (Å²) in [6, 6.07) is 4.09. The van der Waals surface area contributed by atoms with Crippen LogP contribution in [-0.4, -0.2) is 59.9 Å². The van der Waals surface area contributed by atoms with Gasteiger partial charge in [0.25, 0.3) is 11.8 Å². The number of amides is 4. The van der Waals surface area contributed by atoms with Gasteiger partial charge in [-0.2, -0.15) is 0 Å². The molecule has 1 aliphatic carbocycles. The number of benzene rings is 1. The number of imide groups is 2. The van der Waals surface area contributed by atoms with Crippen LogP contribution >= 0.6 is 0 Å². The number of nitrogens with one attached hydrogen (secondary N) is 2. The molecule has 2 bridgehead atoms. The fraction of sp³-hybridized carbons (Fsp3) is 0.545. The van der Waals surface area contributed by atoms with Crippen LogP contribution in [-0.2, 0) is 14.3 Å². The van der Waals surface area contributed by atoms with Crippen LogP contribution in [0, 0.1) is 5.41 Å². The van der Waals surface area contributed by atoms with Crippen LogP contribution in [0.1, 0.15) is 59.2 Å². The number of carbonyl (C=O) groups excluding carboxylic acids is 4. The van der Waals surface area contributed by atoms with Crippen LogP contribution in [0.5, 0.6) is 0 Å². The number of nitrogens with zero attached hydrogens (tertiary/aromatic N) is 1. The van der Waals surface area contributed by atoms with E-state index in [0.717, 1.165) is 36.3 Å². The largest absolute Gasteiger partial charge is 0.382 e. The number of hydrogen-bond acceptors (Lipinski definition) is 7. The van der Waals surface area contributed by atoms with E-state index in [0.29, 0.717) is 19.7 Å². The number of fused-ring (bicyclic) bond motifs is 4. The highest BCUT2D eigenvalue weighted by atomic mass is 16.5. The van der Waals surface area contributed by atoms with Crippen molar-refractivity contribution < 1.29 is 23.9 Å². The predicted molar refractivity (Wildman–Crippen MR) is 110 cm³/mol. The second kappa shape index (κ2) is 7.13.